The average molecular weight is 405 g/mol. The molecule has 1 unspecified atom stereocenters. The number of hydrogen-bond acceptors (Lipinski definition) is 3. The van der Waals surface area contributed by atoms with E-state index in [1.807, 2.05) is 67.8 Å². The number of nitrogens with one attached hydrogen (secondary N) is 1. The highest BCUT2D eigenvalue weighted by Gasteiger charge is 2.18. The van der Waals surface area contributed by atoms with E-state index < -0.39 is 17.9 Å². The predicted molar refractivity (Wildman–Crippen MR) is 118 cm³/mol. The SMILES string of the molecule is CCCCC(NC(=O)/C=C/c1c(-c2ccc(C)cc2)nc2cc(C)ccn12)C(=O)O. The second kappa shape index (κ2) is 9.39. The number of hydrogen-bond donors (Lipinski definition) is 2. The van der Waals surface area contributed by atoms with Crippen LogP contribution < -0.4 is 5.32 Å². The van der Waals surface area contributed by atoms with Gasteiger partial charge >= 0.3 is 5.97 Å². The third-order valence-electron chi connectivity index (χ3n) is 5.00. The Morgan fingerprint density at radius 1 is 1.17 bits per heavy atom. The number of carbonyl (C=O) groups is 2. The molecule has 3 aromatic rings. The summed E-state index contributed by atoms with van der Waals surface area (Å²) in [5, 5.41) is 11.9. The molecule has 0 bridgehead atoms. The van der Waals surface area contributed by atoms with E-state index in [2.05, 4.69) is 5.32 Å². The van der Waals surface area contributed by atoms with Gasteiger partial charge in [-0.25, -0.2) is 9.78 Å². The second-order valence-electron chi connectivity index (χ2n) is 7.52. The van der Waals surface area contributed by atoms with Crippen LogP contribution in [0.4, 0.5) is 0 Å². The molecule has 6 heteroatoms. The monoisotopic (exact) mass is 405 g/mol. The summed E-state index contributed by atoms with van der Waals surface area (Å²) in [6.45, 7) is 6.02. The topological polar surface area (TPSA) is 83.7 Å². The van der Waals surface area contributed by atoms with Crippen LogP contribution in [0.25, 0.3) is 23.0 Å². The first-order chi connectivity index (χ1) is 14.4. The van der Waals surface area contributed by atoms with Crippen molar-refractivity contribution in [1.82, 2.24) is 14.7 Å². The summed E-state index contributed by atoms with van der Waals surface area (Å²) in [5.74, 6) is -1.45. The van der Waals surface area contributed by atoms with Crippen molar-refractivity contribution in [3.63, 3.8) is 0 Å². The van der Waals surface area contributed by atoms with E-state index in [4.69, 9.17) is 4.98 Å². The molecule has 0 radical (unpaired) electrons. The summed E-state index contributed by atoms with van der Waals surface area (Å²) >= 11 is 0. The number of aryl methyl sites for hydroxylation is 2. The number of nitrogens with zero attached hydrogens (tertiary/aromatic N) is 2. The van der Waals surface area contributed by atoms with Gasteiger partial charge in [0.25, 0.3) is 0 Å². The third-order valence-corrected chi connectivity index (χ3v) is 5.00. The number of unbranched alkanes of at least 4 members (excludes halogenated alkanes) is 1. The van der Waals surface area contributed by atoms with Gasteiger partial charge in [0.05, 0.1) is 11.4 Å². The standard InChI is InChI=1S/C24H27N3O3/c1-4-5-6-19(24(29)30)25-22(28)12-11-20-23(18-9-7-16(2)8-10-18)26-21-15-17(3)13-14-27(20)21/h7-15,19H,4-6H2,1-3H3,(H,25,28)(H,29,30)/b12-11+. The molecule has 2 heterocycles. The van der Waals surface area contributed by atoms with Crippen molar-refractivity contribution in [3.05, 3.63) is 65.5 Å². The molecule has 156 valence electrons. The predicted octanol–water partition coefficient (Wildman–Crippen LogP) is 4.39. The number of rotatable bonds is 8. The van der Waals surface area contributed by atoms with Crippen LogP contribution in [0.5, 0.6) is 0 Å². The zero-order valence-corrected chi connectivity index (χ0v) is 17.6. The number of benzene rings is 1. The molecule has 0 saturated heterocycles. The van der Waals surface area contributed by atoms with Crippen LogP contribution >= 0.6 is 0 Å². The minimum atomic E-state index is -1.02. The second-order valence-corrected chi connectivity index (χ2v) is 7.52. The summed E-state index contributed by atoms with van der Waals surface area (Å²) in [6.07, 6.45) is 7.02. The van der Waals surface area contributed by atoms with Crippen molar-refractivity contribution < 1.29 is 14.7 Å². The van der Waals surface area contributed by atoms with Gasteiger partial charge in [0.2, 0.25) is 5.91 Å². The molecule has 30 heavy (non-hydrogen) atoms. The Bertz CT molecular complexity index is 1080. The number of aromatic nitrogens is 2. The number of carbonyl (C=O) groups excluding carboxylic acids is 1. The highest BCUT2D eigenvalue weighted by molar-refractivity contribution is 5.95. The van der Waals surface area contributed by atoms with Crippen LogP contribution in [-0.2, 0) is 9.59 Å². The Kier molecular flexibility index (Phi) is 6.67. The molecule has 3 rings (SSSR count). The van der Waals surface area contributed by atoms with Gasteiger partial charge in [0, 0.05) is 17.8 Å². The lowest BCUT2D eigenvalue weighted by Gasteiger charge is -2.12. The molecular weight excluding hydrogens is 378 g/mol. The van der Waals surface area contributed by atoms with Crippen LogP contribution in [0.1, 0.15) is 43.0 Å². The van der Waals surface area contributed by atoms with Crippen molar-refractivity contribution in [1.29, 1.82) is 0 Å². The van der Waals surface area contributed by atoms with E-state index in [0.29, 0.717) is 6.42 Å². The van der Waals surface area contributed by atoms with Crippen molar-refractivity contribution in [2.24, 2.45) is 0 Å². The summed E-state index contributed by atoms with van der Waals surface area (Å²) in [4.78, 5) is 28.6. The van der Waals surface area contributed by atoms with Gasteiger partial charge < -0.3 is 10.4 Å². The van der Waals surface area contributed by atoms with Crippen molar-refractivity contribution in [2.45, 2.75) is 46.1 Å². The molecule has 1 amide bonds. The number of amides is 1. The molecule has 2 aromatic heterocycles. The Balaban J connectivity index is 1.93. The van der Waals surface area contributed by atoms with Crippen LogP contribution in [-0.4, -0.2) is 32.4 Å². The quantitative estimate of drug-likeness (QED) is 0.545. The minimum absolute atomic E-state index is 0.412. The zero-order valence-electron chi connectivity index (χ0n) is 17.6. The summed E-state index contributed by atoms with van der Waals surface area (Å²) in [6, 6.07) is 11.1. The largest absolute Gasteiger partial charge is 0.480 e. The molecular formula is C24H27N3O3. The number of imidazole rings is 1. The molecule has 0 aliphatic heterocycles. The van der Waals surface area contributed by atoms with E-state index in [1.165, 1.54) is 6.08 Å². The molecule has 1 atom stereocenters. The lowest BCUT2D eigenvalue weighted by Crippen LogP contribution is -2.39. The van der Waals surface area contributed by atoms with Crippen LogP contribution in [0.15, 0.2) is 48.7 Å². The molecule has 0 aliphatic carbocycles. The molecule has 0 aliphatic rings. The smallest absolute Gasteiger partial charge is 0.326 e. The molecule has 1 aromatic carbocycles. The zero-order chi connectivity index (χ0) is 21.7. The van der Waals surface area contributed by atoms with Gasteiger partial charge in [-0.1, -0.05) is 49.6 Å². The fourth-order valence-electron chi connectivity index (χ4n) is 3.29. The van der Waals surface area contributed by atoms with Crippen LogP contribution in [0, 0.1) is 13.8 Å². The number of carboxylic acid groups (broad SMARTS) is 1. The maximum absolute atomic E-state index is 12.4. The summed E-state index contributed by atoms with van der Waals surface area (Å²) in [7, 11) is 0. The molecule has 0 spiro atoms. The van der Waals surface area contributed by atoms with Crippen molar-refractivity contribution >= 4 is 23.6 Å². The maximum atomic E-state index is 12.4. The molecule has 0 fully saturated rings. The van der Waals surface area contributed by atoms with E-state index in [9.17, 15) is 14.7 Å². The fraction of sp³-hybridized carbons (Fsp3) is 0.292. The van der Waals surface area contributed by atoms with Gasteiger partial charge in [-0.3, -0.25) is 9.20 Å². The lowest BCUT2D eigenvalue weighted by atomic mass is 10.1. The molecule has 2 N–H and O–H groups in total. The van der Waals surface area contributed by atoms with Gasteiger partial charge in [0.15, 0.2) is 0 Å². The lowest BCUT2D eigenvalue weighted by molar-refractivity contribution is -0.141. The van der Waals surface area contributed by atoms with Crippen molar-refractivity contribution in [2.75, 3.05) is 0 Å². The normalized spacial score (nSPS) is 12.4. The Hall–Kier alpha value is -3.41. The number of carboxylic acids is 1. The van der Waals surface area contributed by atoms with Gasteiger partial charge in [-0.2, -0.15) is 0 Å². The highest BCUT2D eigenvalue weighted by atomic mass is 16.4. The maximum Gasteiger partial charge on any atom is 0.326 e. The van der Waals surface area contributed by atoms with Crippen LogP contribution in [0.3, 0.4) is 0 Å². The first-order valence-corrected chi connectivity index (χ1v) is 10.2. The van der Waals surface area contributed by atoms with E-state index in [0.717, 1.165) is 46.6 Å². The molecule has 0 saturated carbocycles. The van der Waals surface area contributed by atoms with Gasteiger partial charge in [0.1, 0.15) is 11.7 Å². The number of pyridine rings is 1. The van der Waals surface area contributed by atoms with E-state index in [1.54, 1.807) is 6.08 Å². The van der Waals surface area contributed by atoms with E-state index >= 15 is 0 Å². The van der Waals surface area contributed by atoms with Gasteiger partial charge in [-0.15, -0.1) is 0 Å². The molecule has 6 nitrogen and oxygen atoms in total. The Morgan fingerprint density at radius 2 is 1.90 bits per heavy atom. The minimum Gasteiger partial charge on any atom is -0.480 e. The average Bonchev–Trinajstić information content (AvgIpc) is 3.07. The van der Waals surface area contributed by atoms with Crippen LogP contribution in [0.2, 0.25) is 0 Å². The first-order valence-electron chi connectivity index (χ1n) is 10.2. The Labute approximate surface area is 176 Å². The van der Waals surface area contributed by atoms with E-state index in [-0.39, 0.29) is 0 Å². The fourth-order valence-corrected chi connectivity index (χ4v) is 3.29. The summed E-state index contributed by atoms with van der Waals surface area (Å²) < 4.78 is 1.93. The van der Waals surface area contributed by atoms with Gasteiger partial charge in [-0.05, 0) is 44.0 Å². The Morgan fingerprint density at radius 3 is 2.57 bits per heavy atom. The summed E-state index contributed by atoms with van der Waals surface area (Å²) in [5.41, 5.74) is 5.53. The van der Waals surface area contributed by atoms with Crippen molar-refractivity contribution in [3.8, 4) is 11.3 Å². The number of aliphatic carboxylic acids is 1. The number of fused-ring (bicyclic) bond motifs is 1. The third kappa shape index (κ3) is 4.95. The first kappa shape index (κ1) is 21.3. The highest BCUT2D eigenvalue weighted by Crippen LogP contribution is 2.26.